The van der Waals surface area contributed by atoms with Crippen molar-refractivity contribution in [1.29, 1.82) is 0 Å². The van der Waals surface area contributed by atoms with Crippen LogP contribution in [0, 0.1) is 5.82 Å². The van der Waals surface area contributed by atoms with Crippen molar-refractivity contribution in [3.8, 4) is 5.75 Å². The smallest absolute Gasteiger partial charge is 0.253 e. The standard InChI is InChI=1S/C36H42FN5O5/c1-47-30-9-4-6-25(20-30)23-39-31-10-5-17-38-33(44)22-36(15-18-42(19-16-36)35(46)26-11-13-29(37)14-12-26)41-32(43)21-27-7-2-3-8-28(27)24-40-34(31)45/h2-4,6-9,11-14,20,31,39H,5,10,15-19,21-24H2,1H3,(H,38,44)(H,40,45)(H,41,43)/t31-/m0/s1. The molecule has 3 aromatic rings. The van der Waals surface area contributed by atoms with Gasteiger partial charge in [0.1, 0.15) is 11.6 Å². The maximum absolute atomic E-state index is 13.5. The molecule has 1 saturated heterocycles. The van der Waals surface area contributed by atoms with Gasteiger partial charge in [0.2, 0.25) is 17.7 Å². The molecule has 3 aromatic carbocycles. The highest BCUT2D eigenvalue weighted by Gasteiger charge is 2.39. The first kappa shape index (κ1) is 33.6. The highest BCUT2D eigenvalue weighted by Crippen LogP contribution is 2.28. The minimum Gasteiger partial charge on any atom is -0.497 e. The Hall–Kier alpha value is -4.77. The van der Waals surface area contributed by atoms with Gasteiger partial charge in [-0.15, -0.1) is 0 Å². The topological polar surface area (TPSA) is 129 Å². The van der Waals surface area contributed by atoms with Gasteiger partial charge in [-0.05, 0) is 78.8 Å². The van der Waals surface area contributed by atoms with Crippen LogP contribution in [0.15, 0.2) is 72.8 Å². The van der Waals surface area contributed by atoms with Crippen LogP contribution < -0.4 is 26.0 Å². The fourth-order valence-electron chi connectivity index (χ4n) is 6.23. The molecule has 4 N–H and O–H groups in total. The highest BCUT2D eigenvalue weighted by atomic mass is 19.1. The van der Waals surface area contributed by atoms with Crippen LogP contribution in [0.3, 0.4) is 0 Å². The minimum atomic E-state index is -0.832. The predicted molar refractivity (Wildman–Crippen MR) is 175 cm³/mol. The van der Waals surface area contributed by atoms with Crippen LogP contribution in [0.1, 0.15) is 59.2 Å². The summed E-state index contributed by atoms with van der Waals surface area (Å²) in [5, 5.41) is 12.5. The number of piperidine rings is 1. The van der Waals surface area contributed by atoms with Crippen molar-refractivity contribution in [3.05, 3.63) is 101 Å². The molecule has 0 bridgehead atoms. The van der Waals surface area contributed by atoms with Gasteiger partial charge in [0.15, 0.2) is 0 Å². The Kier molecular flexibility index (Phi) is 11.2. The number of rotatable bonds is 5. The Morgan fingerprint density at radius 2 is 1.70 bits per heavy atom. The van der Waals surface area contributed by atoms with Crippen LogP contribution in [-0.2, 0) is 33.9 Å². The number of carbonyl (C=O) groups is 4. The number of carbonyl (C=O) groups excluding carboxylic acids is 4. The molecule has 2 heterocycles. The molecule has 5 rings (SSSR count). The third kappa shape index (κ3) is 9.16. The molecule has 0 aromatic heterocycles. The maximum atomic E-state index is 13.5. The second-order valence-electron chi connectivity index (χ2n) is 12.2. The molecule has 47 heavy (non-hydrogen) atoms. The van der Waals surface area contributed by atoms with E-state index >= 15 is 0 Å². The number of hydrogen-bond acceptors (Lipinski definition) is 6. The number of amides is 4. The average Bonchev–Trinajstić information content (AvgIpc) is 3.07. The van der Waals surface area contributed by atoms with Crippen molar-refractivity contribution < 1.29 is 28.3 Å². The van der Waals surface area contributed by atoms with Crippen LogP contribution in [0.2, 0.25) is 0 Å². The lowest BCUT2D eigenvalue weighted by atomic mass is 9.83. The largest absolute Gasteiger partial charge is 0.497 e. The van der Waals surface area contributed by atoms with Gasteiger partial charge in [-0.2, -0.15) is 0 Å². The van der Waals surface area contributed by atoms with E-state index in [4.69, 9.17) is 4.74 Å². The van der Waals surface area contributed by atoms with Crippen molar-refractivity contribution in [3.63, 3.8) is 0 Å². The third-order valence-electron chi connectivity index (χ3n) is 8.92. The summed E-state index contributed by atoms with van der Waals surface area (Å²) in [6, 6.07) is 20.1. The molecule has 10 nitrogen and oxygen atoms in total. The SMILES string of the molecule is COc1cccc(CN[C@H]2CCCNC(=O)CC3(CCN(C(=O)c4ccc(F)cc4)CC3)NC(=O)Cc3ccccc3CNC2=O)c1. The Bertz CT molecular complexity index is 1570. The van der Waals surface area contributed by atoms with Gasteiger partial charge >= 0.3 is 0 Å². The Labute approximate surface area is 274 Å². The number of methoxy groups -OCH3 is 1. The van der Waals surface area contributed by atoms with Crippen LogP contribution in [-0.4, -0.2) is 66.9 Å². The van der Waals surface area contributed by atoms with Gasteiger partial charge in [0.05, 0.1) is 25.1 Å². The molecule has 1 fully saturated rings. The molecule has 1 atom stereocenters. The molecule has 1 spiro atoms. The average molecular weight is 644 g/mol. The van der Waals surface area contributed by atoms with Gasteiger partial charge in [-0.3, -0.25) is 19.2 Å². The van der Waals surface area contributed by atoms with Crippen LogP contribution in [0.25, 0.3) is 0 Å². The third-order valence-corrected chi connectivity index (χ3v) is 8.92. The summed E-state index contributed by atoms with van der Waals surface area (Å²) in [6.45, 7) is 1.77. The molecule has 0 saturated carbocycles. The van der Waals surface area contributed by atoms with Crippen molar-refractivity contribution in [2.45, 2.75) is 63.2 Å². The van der Waals surface area contributed by atoms with E-state index in [9.17, 15) is 23.6 Å². The second-order valence-corrected chi connectivity index (χ2v) is 12.2. The van der Waals surface area contributed by atoms with Gasteiger partial charge in [-0.25, -0.2) is 4.39 Å². The predicted octanol–water partition coefficient (Wildman–Crippen LogP) is 3.24. The fourth-order valence-corrected chi connectivity index (χ4v) is 6.23. The second kappa shape index (κ2) is 15.7. The fraction of sp³-hybridized carbons (Fsp3) is 0.389. The molecule has 11 heteroatoms. The Balaban J connectivity index is 1.30. The quantitative estimate of drug-likeness (QED) is 0.338. The molecule has 0 aliphatic carbocycles. The van der Waals surface area contributed by atoms with Crippen molar-refractivity contribution >= 4 is 23.6 Å². The van der Waals surface area contributed by atoms with Crippen LogP contribution in [0.5, 0.6) is 5.75 Å². The van der Waals surface area contributed by atoms with Crippen LogP contribution in [0.4, 0.5) is 4.39 Å². The molecule has 2 aliphatic heterocycles. The minimum absolute atomic E-state index is 0.0664. The van der Waals surface area contributed by atoms with E-state index in [0.717, 1.165) is 22.4 Å². The van der Waals surface area contributed by atoms with Gasteiger partial charge in [-0.1, -0.05) is 36.4 Å². The lowest BCUT2D eigenvalue weighted by molar-refractivity contribution is -0.126. The number of hydrogen-bond donors (Lipinski definition) is 4. The molecule has 2 aliphatic rings. The first-order valence-electron chi connectivity index (χ1n) is 16.1. The van der Waals surface area contributed by atoms with E-state index in [1.807, 2.05) is 48.5 Å². The molecule has 0 unspecified atom stereocenters. The number of likely N-dealkylation sites (tertiary alicyclic amines) is 1. The highest BCUT2D eigenvalue weighted by molar-refractivity contribution is 5.94. The number of ether oxygens (including phenoxy) is 1. The molecule has 0 radical (unpaired) electrons. The summed E-state index contributed by atoms with van der Waals surface area (Å²) in [6.07, 6.45) is 1.99. The summed E-state index contributed by atoms with van der Waals surface area (Å²) in [5.74, 6) is -0.497. The summed E-state index contributed by atoms with van der Waals surface area (Å²) < 4.78 is 18.7. The zero-order valence-electron chi connectivity index (χ0n) is 26.7. The zero-order valence-corrected chi connectivity index (χ0v) is 26.7. The molecular formula is C36H42FN5O5. The zero-order chi connectivity index (χ0) is 33.2. The van der Waals surface area contributed by atoms with Gasteiger partial charge < -0.3 is 30.9 Å². The number of nitrogens with zero attached hydrogens (tertiary/aromatic N) is 1. The van der Waals surface area contributed by atoms with E-state index in [1.165, 1.54) is 24.3 Å². The normalized spacial score (nSPS) is 19.2. The Morgan fingerprint density at radius 3 is 2.45 bits per heavy atom. The molecular weight excluding hydrogens is 601 g/mol. The number of halogens is 1. The monoisotopic (exact) mass is 643 g/mol. The lowest BCUT2D eigenvalue weighted by Crippen LogP contribution is -2.58. The van der Waals surface area contributed by atoms with Crippen molar-refractivity contribution in [2.75, 3.05) is 26.7 Å². The lowest BCUT2D eigenvalue weighted by Gasteiger charge is -2.42. The van der Waals surface area contributed by atoms with E-state index in [2.05, 4.69) is 21.3 Å². The summed E-state index contributed by atoms with van der Waals surface area (Å²) in [5.41, 5.74) is 2.15. The van der Waals surface area contributed by atoms with E-state index < -0.39 is 17.4 Å². The number of fused-ring (bicyclic) bond motifs is 1. The first-order chi connectivity index (χ1) is 22.7. The van der Waals surface area contributed by atoms with Crippen LogP contribution >= 0.6 is 0 Å². The van der Waals surface area contributed by atoms with Gasteiger partial charge in [0.25, 0.3) is 5.91 Å². The number of nitrogens with one attached hydrogen (secondary N) is 4. The van der Waals surface area contributed by atoms with Crippen molar-refractivity contribution in [2.24, 2.45) is 0 Å². The summed E-state index contributed by atoms with van der Waals surface area (Å²) >= 11 is 0. The van der Waals surface area contributed by atoms with E-state index in [1.54, 1.807) is 12.0 Å². The molecule has 4 amide bonds. The number of benzene rings is 3. The Morgan fingerprint density at radius 1 is 0.957 bits per heavy atom. The summed E-state index contributed by atoms with van der Waals surface area (Å²) in [4.78, 5) is 54.9. The first-order valence-corrected chi connectivity index (χ1v) is 16.1. The van der Waals surface area contributed by atoms with E-state index in [0.29, 0.717) is 57.4 Å². The maximum Gasteiger partial charge on any atom is 0.253 e. The molecule has 248 valence electrons. The van der Waals surface area contributed by atoms with E-state index in [-0.39, 0.29) is 43.0 Å². The summed E-state index contributed by atoms with van der Waals surface area (Å²) in [7, 11) is 1.61. The van der Waals surface area contributed by atoms with Crippen molar-refractivity contribution in [1.82, 2.24) is 26.2 Å². The van der Waals surface area contributed by atoms with Gasteiger partial charge in [0, 0.05) is 44.7 Å².